The maximum absolute atomic E-state index is 12.6. The van der Waals surface area contributed by atoms with Gasteiger partial charge in [0.15, 0.2) is 11.5 Å². The fraction of sp³-hybridized carbons (Fsp3) is 0.500. The van der Waals surface area contributed by atoms with Crippen LogP contribution in [0.3, 0.4) is 0 Å². The van der Waals surface area contributed by atoms with Crippen molar-refractivity contribution in [1.82, 2.24) is 0 Å². The van der Waals surface area contributed by atoms with Crippen LogP contribution in [0.1, 0.15) is 17.3 Å². The van der Waals surface area contributed by atoms with E-state index in [-0.39, 0.29) is 17.1 Å². The van der Waals surface area contributed by atoms with Crippen LogP contribution >= 0.6 is 0 Å². The minimum absolute atomic E-state index is 0.0819. The summed E-state index contributed by atoms with van der Waals surface area (Å²) in [6, 6.07) is 3.58. The molecule has 0 saturated carbocycles. The number of halogens is 3. The molecule has 0 aliphatic heterocycles. The second-order valence-corrected chi connectivity index (χ2v) is 4.49. The van der Waals surface area contributed by atoms with E-state index in [0.717, 1.165) is 20.1 Å². The van der Waals surface area contributed by atoms with Gasteiger partial charge in [-0.3, -0.25) is 0 Å². The number of hydrogen-bond acceptors (Lipinski definition) is 7. The SMILES string of the molecule is COC(=O)c1ccc(OC(OC)(OC(F)(F)F)C(C)O)c(OC)c1. The predicted molar refractivity (Wildman–Crippen MR) is 73.5 cm³/mol. The Bertz CT molecular complexity index is 574. The summed E-state index contributed by atoms with van der Waals surface area (Å²) in [7, 11) is 3.25. The Hall–Kier alpha value is -2.04. The third-order valence-corrected chi connectivity index (χ3v) is 2.89. The summed E-state index contributed by atoms with van der Waals surface area (Å²) in [5, 5.41) is 9.64. The Morgan fingerprint density at radius 1 is 1.17 bits per heavy atom. The third-order valence-electron chi connectivity index (χ3n) is 2.89. The van der Waals surface area contributed by atoms with Crippen LogP contribution in [0.5, 0.6) is 11.5 Å². The van der Waals surface area contributed by atoms with Crippen LogP contribution < -0.4 is 9.47 Å². The fourth-order valence-electron chi connectivity index (χ4n) is 1.76. The quantitative estimate of drug-likeness (QED) is 0.593. The maximum atomic E-state index is 12.6. The molecule has 0 aromatic heterocycles. The summed E-state index contributed by atoms with van der Waals surface area (Å²) in [5.41, 5.74) is 0.0819. The zero-order valence-corrected chi connectivity index (χ0v) is 13.3. The molecule has 2 atom stereocenters. The number of rotatable bonds is 7. The minimum Gasteiger partial charge on any atom is -0.493 e. The molecule has 1 aromatic rings. The average Bonchev–Trinajstić information content (AvgIpc) is 2.52. The number of esters is 1. The van der Waals surface area contributed by atoms with Gasteiger partial charge >= 0.3 is 18.3 Å². The number of ether oxygens (including phenoxy) is 5. The second kappa shape index (κ2) is 7.69. The number of alkyl halides is 3. The van der Waals surface area contributed by atoms with Gasteiger partial charge in [-0.1, -0.05) is 0 Å². The summed E-state index contributed by atoms with van der Waals surface area (Å²) in [6.07, 6.45) is -6.97. The van der Waals surface area contributed by atoms with Crippen molar-refractivity contribution in [3.8, 4) is 11.5 Å². The molecule has 2 unspecified atom stereocenters. The van der Waals surface area contributed by atoms with Gasteiger partial charge in [-0.2, -0.15) is 0 Å². The van der Waals surface area contributed by atoms with Crippen molar-refractivity contribution in [1.29, 1.82) is 0 Å². The summed E-state index contributed by atoms with van der Waals surface area (Å²) in [4.78, 5) is 11.5. The summed E-state index contributed by atoms with van der Waals surface area (Å²) >= 11 is 0. The van der Waals surface area contributed by atoms with Gasteiger partial charge in [0.25, 0.3) is 0 Å². The Labute approximate surface area is 135 Å². The van der Waals surface area contributed by atoms with E-state index in [4.69, 9.17) is 9.47 Å². The molecule has 0 fully saturated rings. The molecule has 0 aliphatic rings. The van der Waals surface area contributed by atoms with Crippen molar-refractivity contribution >= 4 is 5.97 Å². The third kappa shape index (κ3) is 4.73. The highest BCUT2D eigenvalue weighted by atomic mass is 19.4. The molecule has 0 amide bonds. The lowest BCUT2D eigenvalue weighted by atomic mass is 10.2. The smallest absolute Gasteiger partial charge is 0.493 e. The number of carbonyl (C=O) groups is 1. The Morgan fingerprint density at radius 2 is 1.79 bits per heavy atom. The van der Waals surface area contributed by atoms with E-state index in [0.29, 0.717) is 0 Å². The van der Waals surface area contributed by atoms with Gasteiger partial charge < -0.3 is 24.1 Å². The zero-order valence-electron chi connectivity index (χ0n) is 13.3. The van der Waals surface area contributed by atoms with Crippen molar-refractivity contribution in [3.05, 3.63) is 23.8 Å². The summed E-state index contributed by atoms with van der Waals surface area (Å²) in [6.45, 7) is 0.991. The van der Waals surface area contributed by atoms with Crippen LogP contribution in [0.2, 0.25) is 0 Å². The van der Waals surface area contributed by atoms with Gasteiger partial charge in [0.1, 0.15) is 6.10 Å². The van der Waals surface area contributed by atoms with Crippen molar-refractivity contribution < 1.29 is 46.8 Å². The van der Waals surface area contributed by atoms with Crippen LogP contribution in [0.4, 0.5) is 13.2 Å². The number of hydrogen-bond donors (Lipinski definition) is 1. The van der Waals surface area contributed by atoms with Crippen LogP contribution in [0, 0.1) is 0 Å². The van der Waals surface area contributed by atoms with Crippen molar-refractivity contribution in [2.24, 2.45) is 0 Å². The Balaban J connectivity index is 3.25. The largest absolute Gasteiger partial charge is 0.527 e. The molecule has 0 saturated heterocycles. The normalized spacial score (nSPS) is 15.3. The van der Waals surface area contributed by atoms with E-state index in [2.05, 4.69) is 14.2 Å². The van der Waals surface area contributed by atoms with Crippen LogP contribution in [-0.4, -0.2) is 50.8 Å². The number of aliphatic hydroxyl groups is 1. The first-order chi connectivity index (χ1) is 11.1. The highest BCUT2D eigenvalue weighted by Crippen LogP contribution is 2.36. The molecule has 24 heavy (non-hydrogen) atoms. The molecular formula is C14H17F3O7. The van der Waals surface area contributed by atoms with Crippen molar-refractivity contribution in [2.45, 2.75) is 25.4 Å². The van der Waals surface area contributed by atoms with E-state index < -0.39 is 24.4 Å². The lowest BCUT2D eigenvalue weighted by Crippen LogP contribution is -2.53. The van der Waals surface area contributed by atoms with Crippen LogP contribution in [0.25, 0.3) is 0 Å². The van der Waals surface area contributed by atoms with Gasteiger partial charge in [0.2, 0.25) is 0 Å². The molecule has 0 heterocycles. The molecular weight excluding hydrogens is 337 g/mol. The molecule has 0 spiro atoms. The fourth-order valence-corrected chi connectivity index (χ4v) is 1.76. The molecule has 1 N–H and O–H groups in total. The topological polar surface area (TPSA) is 83.5 Å². The molecule has 1 rings (SSSR count). The highest BCUT2D eigenvalue weighted by Gasteiger charge is 2.50. The first kappa shape index (κ1) is 20.0. The lowest BCUT2D eigenvalue weighted by Gasteiger charge is -2.34. The zero-order chi connectivity index (χ0) is 18.5. The monoisotopic (exact) mass is 354 g/mol. The number of benzene rings is 1. The van der Waals surface area contributed by atoms with Gasteiger partial charge in [-0.05, 0) is 25.1 Å². The van der Waals surface area contributed by atoms with E-state index in [1.807, 2.05) is 0 Å². The second-order valence-electron chi connectivity index (χ2n) is 4.49. The number of methoxy groups -OCH3 is 3. The molecule has 7 nitrogen and oxygen atoms in total. The van der Waals surface area contributed by atoms with Gasteiger partial charge in [0.05, 0.1) is 19.8 Å². The van der Waals surface area contributed by atoms with E-state index in [9.17, 15) is 23.1 Å². The molecule has 136 valence electrons. The molecule has 0 radical (unpaired) electrons. The Kier molecular flexibility index (Phi) is 6.41. The van der Waals surface area contributed by atoms with Gasteiger partial charge in [-0.25, -0.2) is 9.53 Å². The summed E-state index contributed by atoms with van der Waals surface area (Å²) in [5.74, 6) is -3.89. The van der Waals surface area contributed by atoms with Crippen molar-refractivity contribution in [2.75, 3.05) is 21.3 Å². The van der Waals surface area contributed by atoms with Gasteiger partial charge in [0, 0.05) is 7.11 Å². The molecule has 0 bridgehead atoms. The van der Waals surface area contributed by atoms with Crippen molar-refractivity contribution in [3.63, 3.8) is 0 Å². The Morgan fingerprint density at radius 3 is 2.21 bits per heavy atom. The van der Waals surface area contributed by atoms with Crippen LogP contribution in [-0.2, 0) is 14.2 Å². The standard InChI is InChI=1S/C14H17F3O7/c1-8(18)13(22-4,24-14(15,16)17)23-10-6-5-9(12(19)21-3)7-11(10)20-2/h5-8,18H,1-4H3. The molecule has 1 aromatic carbocycles. The molecule has 10 heteroatoms. The van der Waals surface area contributed by atoms with Gasteiger partial charge in [-0.15, -0.1) is 13.2 Å². The lowest BCUT2D eigenvalue weighted by molar-refractivity contribution is -0.479. The highest BCUT2D eigenvalue weighted by molar-refractivity contribution is 5.90. The maximum Gasteiger partial charge on any atom is 0.527 e. The molecule has 0 aliphatic carbocycles. The van der Waals surface area contributed by atoms with E-state index in [1.54, 1.807) is 0 Å². The minimum atomic E-state index is -5.15. The first-order valence-corrected chi connectivity index (χ1v) is 6.54. The van der Waals surface area contributed by atoms with E-state index in [1.165, 1.54) is 26.4 Å². The van der Waals surface area contributed by atoms with E-state index >= 15 is 0 Å². The predicted octanol–water partition coefficient (Wildman–Crippen LogP) is 2.08. The van der Waals surface area contributed by atoms with Crippen LogP contribution in [0.15, 0.2) is 18.2 Å². The number of aliphatic hydroxyl groups excluding tert-OH is 1. The number of carbonyl (C=O) groups excluding carboxylic acids is 1. The average molecular weight is 354 g/mol. The first-order valence-electron chi connectivity index (χ1n) is 6.54. The summed E-state index contributed by atoms with van der Waals surface area (Å²) < 4.78 is 60.8.